The highest BCUT2D eigenvalue weighted by atomic mass is 32.2. The molecule has 1 aromatic carbocycles. The van der Waals surface area contributed by atoms with Crippen LogP contribution in [0, 0.1) is 4.78 Å². The third-order valence-corrected chi connectivity index (χ3v) is 4.61. The average molecular weight is 362 g/mol. The predicted octanol–water partition coefficient (Wildman–Crippen LogP) is 1.45. The molecule has 0 aliphatic rings. The van der Waals surface area contributed by atoms with Crippen LogP contribution in [0.25, 0.3) is 16.7 Å². The third-order valence-electron chi connectivity index (χ3n) is 3.63. The first-order valence-electron chi connectivity index (χ1n) is 7.41. The lowest BCUT2D eigenvalue weighted by Gasteiger charge is -2.10. The van der Waals surface area contributed by atoms with Gasteiger partial charge in [-0.15, -0.1) is 5.10 Å². The molecule has 0 amide bonds. The summed E-state index contributed by atoms with van der Waals surface area (Å²) in [5, 5.41) is 8.88. The zero-order chi connectivity index (χ0) is 18.0. The van der Waals surface area contributed by atoms with Gasteiger partial charge >= 0.3 is 0 Å². The van der Waals surface area contributed by atoms with Crippen molar-refractivity contribution in [2.45, 2.75) is 6.42 Å². The maximum Gasteiger partial charge on any atom is 0.166 e. The summed E-state index contributed by atoms with van der Waals surface area (Å²) in [7, 11) is 0.560. The number of ether oxygens (including phenoxy) is 2. The Balaban J connectivity index is 2.02. The van der Waals surface area contributed by atoms with E-state index in [4.69, 9.17) is 14.3 Å². The molecule has 3 aromatic rings. The number of fused-ring (bicyclic) bond motifs is 1. The van der Waals surface area contributed by atoms with Gasteiger partial charge in [-0.25, -0.2) is 14.6 Å². The summed E-state index contributed by atoms with van der Waals surface area (Å²) in [5.41, 5.74) is 1.33. The van der Waals surface area contributed by atoms with Gasteiger partial charge in [-0.3, -0.25) is 8.99 Å². The molecule has 0 aliphatic heterocycles. The fraction of sp³-hybridized carbons (Fsp3) is 0.333. The van der Waals surface area contributed by atoms with Crippen molar-refractivity contribution >= 4 is 20.6 Å². The normalized spacial score (nSPS) is 13.6. The minimum Gasteiger partial charge on any atom is -0.493 e. The summed E-state index contributed by atoms with van der Waals surface area (Å²) in [4.78, 5) is 8.55. The van der Waals surface area contributed by atoms with Crippen LogP contribution >= 0.6 is 0 Å². The van der Waals surface area contributed by atoms with Gasteiger partial charge in [-0.1, -0.05) is 5.21 Å². The van der Waals surface area contributed by atoms with Crippen molar-refractivity contribution in [3.05, 3.63) is 30.4 Å². The Bertz CT molecular complexity index is 1020. The Morgan fingerprint density at radius 3 is 2.60 bits per heavy atom. The van der Waals surface area contributed by atoms with E-state index in [1.54, 1.807) is 32.5 Å². The molecule has 2 aromatic heterocycles. The van der Waals surface area contributed by atoms with Gasteiger partial charge in [0.2, 0.25) is 0 Å². The van der Waals surface area contributed by atoms with Crippen molar-refractivity contribution in [2.24, 2.45) is 0 Å². The molecule has 0 aliphatic carbocycles. The predicted molar refractivity (Wildman–Crippen MR) is 92.9 cm³/mol. The van der Waals surface area contributed by atoms with Crippen LogP contribution < -0.4 is 9.47 Å². The number of hydrogen-bond acceptors (Lipinski definition) is 8. The summed E-state index contributed by atoms with van der Waals surface area (Å²) in [5.74, 6) is 1.92. The zero-order valence-corrected chi connectivity index (χ0v) is 14.9. The number of aryl methyl sites for hydroxylation is 1. The Hall–Kier alpha value is -2.75. The topological polar surface area (TPSA) is 116 Å². The molecule has 9 nitrogen and oxygen atoms in total. The van der Waals surface area contributed by atoms with Gasteiger partial charge in [0, 0.05) is 39.6 Å². The number of nitrogens with zero attached hydrogens (tertiary/aromatic N) is 5. The minimum absolute atomic E-state index is 0.237. The van der Waals surface area contributed by atoms with Crippen molar-refractivity contribution in [1.29, 1.82) is 4.78 Å². The monoisotopic (exact) mass is 362 g/mol. The second-order valence-corrected chi connectivity index (χ2v) is 7.95. The molecule has 0 bridgehead atoms. The van der Waals surface area contributed by atoms with E-state index in [0.717, 1.165) is 5.39 Å². The standard InChI is InChI=1S/C15H18N6O3S/c1-23-13-6-11-12(7-14(13)24-2)17-9-18-15(11)21-8-10(19-20-21)4-5-25(3,16)22/h6-9,16H,4-5H2,1-3H3. The van der Waals surface area contributed by atoms with Crippen LogP contribution in [0.2, 0.25) is 0 Å². The van der Waals surface area contributed by atoms with Crippen molar-refractivity contribution in [3.8, 4) is 17.3 Å². The van der Waals surface area contributed by atoms with Crippen molar-refractivity contribution in [3.63, 3.8) is 0 Å². The molecule has 25 heavy (non-hydrogen) atoms. The Kier molecular flexibility index (Phi) is 4.53. The van der Waals surface area contributed by atoms with Gasteiger partial charge < -0.3 is 9.47 Å². The second-order valence-electron chi connectivity index (χ2n) is 5.54. The molecule has 10 heteroatoms. The molecular formula is C15H18N6O3S. The molecule has 0 radical (unpaired) electrons. The Labute approximate surface area is 145 Å². The smallest absolute Gasteiger partial charge is 0.166 e. The fourth-order valence-electron chi connectivity index (χ4n) is 2.37. The number of benzene rings is 1. The van der Waals surface area contributed by atoms with Gasteiger partial charge in [0.1, 0.15) is 6.33 Å². The maximum atomic E-state index is 11.5. The van der Waals surface area contributed by atoms with Crippen LogP contribution in [0.4, 0.5) is 0 Å². The van der Waals surface area contributed by atoms with E-state index >= 15 is 0 Å². The lowest BCUT2D eigenvalue weighted by atomic mass is 10.2. The molecule has 0 saturated heterocycles. The van der Waals surface area contributed by atoms with E-state index < -0.39 is 9.73 Å². The highest BCUT2D eigenvalue weighted by molar-refractivity contribution is 7.91. The van der Waals surface area contributed by atoms with Crippen molar-refractivity contribution < 1.29 is 13.7 Å². The molecule has 0 saturated carbocycles. The lowest BCUT2D eigenvalue weighted by molar-refractivity contribution is 0.355. The van der Waals surface area contributed by atoms with E-state index in [-0.39, 0.29) is 5.75 Å². The SMILES string of the molecule is COc1cc2ncnc(-n3cc(CCS(C)(=N)=O)nn3)c2cc1OC. The Morgan fingerprint density at radius 1 is 1.20 bits per heavy atom. The molecule has 0 spiro atoms. The van der Waals surface area contributed by atoms with E-state index in [2.05, 4.69) is 20.3 Å². The lowest BCUT2D eigenvalue weighted by Crippen LogP contribution is -2.04. The molecule has 2 heterocycles. The van der Waals surface area contributed by atoms with Crippen LogP contribution in [-0.2, 0) is 16.1 Å². The first kappa shape index (κ1) is 17.1. The van der Waals surface area contributed by atoms with Gasteiger partial charge in [0.25, 0.3) is 0 Å². The number of rotatable bonds is 6. The van der Waals surface area contributed by atoms with Gasteiger partial charge in [-0.2, -0.15) is 0 Å². The van der Waals surface area contributed by atoms with E-state index in [0.29, 0.717) is 34.9 Å². The molecule has 1 atom stereocenters. The molecule has 132 valence electrons. The number of methoxy groups -OCH3 is 2. The fourth-order valence-corrected chi connectivity index (χ4v) is 2.97. The largest absolute Gasteiger partial charge is 0.493 e. The van der Waals surface area contributed by atoms with Crippen LogP contribution in [0.3, 0.4) is 0 Å². The summed E-state index contributed by atoms with van der Waals surface area (Å²) < 4.78 is 31.1. The molecular weight excluding hydrogens is 344 g/mol. The first-order chi connectivity index (χ1) is 11.9. The van der Waals surface area contributed by atoms with Crippen LogP contribution in [-0.4, -0.2) is 55.4 Å². The third kappa shape index (κ3) is 3.68. The minimum atomic E-state index is -2.56. The highest BCUT2D eigenvalue weighted by Crippen LogP contribution is 2.32. The number of aromatic nitrogens is 5. The summed E-state index contributed by atoms with van der Waals surface area (Å²) in [6.07, 6.45) is 4.98. The van der Waals surface area contributed by atoms with Crippen molar-refractivity contribution in [2.75, 3.05) is 26.2 Å². The highest BCUT2D eigenvalue weighted by Gasteiger charge is 2.14. The summed E-state index contributed by atoms with van der Waals surface area (Å²) in [6.45, 7) is 0. The van der Waals surface area contributed by atoms with Gasteiger partial charge in [0.05, 0.1) is 31.6 Å². The van der Waals surface area contributed by atoms with Crippen LogP contribution in [0.5, 0.6) is 11.5 Å². The summed E-state index contributed by atoms with van der Waals surface area (Å²) >= 11 is 0. The van der Waals surface area contributed by atoms with E-state index in [1.165, 1.54) is 17.3 Å². The maximum absolute atomic E-state index is 11.5. The molecule has 3 rings (SSSR count). The molecule has 0 fully saturated rings. The average Bonchev–Trinajstić information content (AvgIpc) is 3.06. The molecule has 1 unspecified atom stereocenters. The van der Waals surface area contributed by atoms with Crippen molar-refractivity contribution in [1.82, 2.24) is 25.0 Å². The van der Waals surface area contributed by atoms with E-state index in [1.807, 2.05) is 0 Å². The van der Waals surface area contributed by atoms with Crippen LogP contribution in [0.15, 0.2) is 24.7 Å². The first-order valence-corrected chi connectivity index (χ1v) is 9.54. The van der Waals surface area contributed by atoms with Gasteiger partial charge in [0.15, 0.2) is 17.3 Å². The summed E-state index contributed by atoms with van der Waals surface area (Å²) in [6, 6.07) is 3.55. The molecule has 1 N–H and O–H groups in total. The quantitative estimate of drug-likeness (QED) is 0.705. The van der Waals surface area contributed by atoms with Crippen LogP contribution in [0.1, 0.15) is 5.69 Å². The number of hydrogen-bond donors (Lipinski definition) is 1. The zero-order valence-electron chi connectivity index (χ0n) is 14.1. The van der Waals surface area contributed by atoms with E-state index in [9.17, 15) is 4.21 Å². The van der Waals surface area contributed by atoms with Gasteiger partial charge in [-0.05, 0) is 6.07 Å². The second kappa shape index (κ2) is 6.63. The number of nitrogens with one attached hydrogen (secondary N) is 1. The Morgan fingerprint density at radius 2 is 1.92 bits per heavy atom.